The van der Waals surface area contributed by atoms with Gasteiger partial charge in [0.25, 0.3) is 0 Å². The number of nitrogens with zero attached hydrogens (tertiary/aromatic N) is 6. The second kappa shape index (κ2) is 9.99. The lowest BCUT2D eigenvalue weighted by atomic mass is 10.1. The second-order valence-electron chi connectivity index (χ2n) is 7.84. The smallest absolute Gasteiger partial charge is 0.249 e. The summed E-state index contributed by atoms with van der Waals surface area (Å²) in [6.45, 7) is 8.66. The molecular formula is C20H33BrN6. The van der Waals surface area contributed by atoms with E-state index in [1.807, 2.05) is 23.9 Å². The Kier molecular flexibility index (Phi) is 8.62. The number of benzene rings is 1. The van der Waals surface area contributed by atoms with E-state index in [-0.39, 0.29) is 17.0 Å². The molecule has 6 nitrogen and oxygen atoms in total. The minimum absolute atomic E-state index is 0. The number of aromatic nitrogens is 2. The minimum Gasteiger partial charge on any atom is -1.00 e. The van der Waals surface area contributed by atoms with Gasteiger partial charge in [-0.25, -0.2) is 4.98 Å². The van der Waals surface area contributed by atoms with Crippen molar-refractivity contribution < 1.29 is 21.5 Å². The van der Waals surface area contributed by atoms with Crippen LogP contribution in [-0.2, 0) is 7.05 Å². The Labute approximate surface area is 174 Å². The molecule has 0 saturated heterocycles. The highest BCUT2D eigenvalue weighted by Gasteiger charge is 2.19. The van der Waals surface area contributed by atoms with Gasteiger partial charge in [-0.05, 0) is 44.5 Å². The number of quaternary nitrogens is 1. The summed E-state index contributed by atoms with van der Waals surface area (Å²) in [5.74, 6) is 0.609. The summed E-state index contributed by atoms with van der Waals surface area (Å²) >= 11 is 0. The molecule has 1 unspecified atom stereocenters. The predicted octanol–water partition coefficient (Wildman–Crippen LogP) is 1.46. The first-order valence-corrected chi connectivity index (χ1v) is 9.28. The van der Waals surface area contributed by atoms with Crippen LogP contribution in [0, 0.1) is 6.92 Å². The van der Waals surface area contributed by atoms with Crippen molar-refractivity contribution in [2.45, 2.75) is 33.2 Å². The molecule has 2 aromatic rings. The first-order valence-electron chi connectivity index (χ1n) is 9.28. The van der Waals surface area contributed by atoms with Gasteiger partial charge in [0.1, 0.15) is 0 Å². The molecule has 0 N–H and O–H groups in total. The minimum atomic E-state index is 0. The molecule has 1 atom stereocenters. The van der Waals surface area contributed by atoms with E-state index >= 15 is 0 Å². The van der Waals surface area contributed by atoms with E-state index in [1.54, 1.807) is 6.20 Å². The Bertz CT molecular complexity index is 747. The third-order valence-corrected chi connectivity index (χ3v) is 5.11. The number of imidazole rings is 1. The molecule has 1 heterocycles. The average molecular weight is 437 g/mol. The average Bonchev–Trinajstić information content (AvgIpc) is 2.98. The molecule has 0 aliphatic heterocycles. The van der Waals surface area contributed by atoms with Crippen LogP contribution in [0.15, 0.2) is 40.8 Å². The normalized spacial score (nSPS) is 12.9. The maximum atomic E-state index is 4.36. The molecule has 1 aromatic heterocycles. The lowest BCUT2D eigenvalue weighted by Gasteiger charge is -2.33. The van der Waals surface area contributed by atoms with Crippen LogP contribution < -0.4 is 21.9 Å². The van der Waals surface area contributed by atoms with E-state index in [9.17, 15) is 0 Å². The van der Waals surface area contributed by atoms with Crippen molar-refractivity contribution in [2.24, 2.45) is 17.3 Å². The third-order valence-electron chi connectivity index (χ3n) is 5.11. The van der Waals surface area contributed by atoms with Crippen molar-refractivity contribution in [3.05, 3.63) is 36.2 Å². The number of aryl methyl sites for hydroxylation is 2. The second-order valence-corrected chi connectivity index (χ2v) is 7.84. The predicted molar refractivity (Wildman–Crippen MR) is 109 cm³/mol. The molecule has 0 bridgehead atoms. The maximum Gasteiger partial charge on any atom is 0.249 e. The SMILES string of the molecule is CCN(CCC(C)[N+](C)(C)C)c1ccc(N=Nc2nccn2C)c(C)c1.[Br-]. The fraction of sp³-hybridized carbons (Fsp3) is 0.550. The van der Waals surface area contributed by atoms with Crippen LogP contribution in [0.2, 0.25) is 0 Å². The summed E-state index contributed by atoms with van der Waals surface area (Å²) in [5.41, 5.74) is 3.25. The molecule has 2 rings (SSSR count). The summed E-state index contributed by atoms with van der Waals surface area (Å²) in [5, 5.41) is 8.60. The van der Waals surface area contributed by atoms with Gasteiger partial charge in [0, 0.05) is 44.6 Å². The van der Waals surface area contributed by atoms with E-state index < -0.39 is 0 Å². The maximum absolute atomic E-state index is 4.36. The van der Waals surface area contributed by atoms with Gasteiger partial charge in [0.05, 0.1) is 32.9 Å². The number of hydrogen-bond acceptors (Lipinski definition) is 4. The van der Waals surface area contributed by atoms with E-state index in [0.29, 0.717) is 12.0 Å². The van der Waals surface area contributed by atoms with Gasteiger partial charge in [-0.3, -0.25) is 0 Å². The highest BCUT2D eigenvalue weighted by atomic mass is 79.9. The molecule has 7 heteroatoms. The van der Waals surface area contributed by atoms with E-state index in [2.05, 4.69) is 74.2 Å². The van der Waals surface area contributed by atoms with Crippen molar-refractivity contribution in [3.8, 4) is 0 Å². The van der Waals surface area contributed by atoms with Gasteiger partial charge in [-0.2, -0.15) is 0 Å². The zero-order valence-corrected chi connectivity index (χ0v) is 19.2. The van der Waals surface area contributed by atoms with Crippen LogP contribution in [-0.4, -0.2) is 54.3 Å². The summed E-state index contributed by atoms with van der Waals surface area (Å²) in [4.78, 5) is 6.60. The molecule has 0 aliphatic carbocycles. The quantitative estimate of drug-likeness (QED) is 0.464. The molecule has 0 amide bonds. The van der Waals surface area contributed by atoms with Gasteiger partial charge >= 0.3 is 0 Å². The van der Waals surface area contributed by atoms with Crippen molar-refractivity contribution in [2.75, 3.05) is 39.1 Å². The molecular weight excluding hydrogens is 404 g/mol. The summed E-state index contributed by atoms with van der Waals surface area (Å²) in [7, 11) is 8.68. The lowest BCUT2D eigenvalue weighted by molar-refractivity contribution is -0.894. The Balaban J connectivity index is 0.00000364. The molecule has 0 saturated carbocycles. The largest absolute Gasteiger partial charge is 1.00 e. The molecule has 0 spiro atoms. The van der Waals surface area contributed by atoms with Crippen molar-refractivity contribution in [1.82, 2.24) is 9.55 Å². The third kappa shape index (κ3) is 6.43. The van der Waals surface area contributed by atoms with E-state index in [4.69, 9.17) is 0 Å². The first-order chi connectivity index (χ1) is 12.2. The van der Waals surface area contributed by atoms with Crippen LogP contribution in [0.4, 0.5) is 17.3 Å². The number of azo groups is 1. The Morgan fingerprint density at radius 3 is 2.44 bits per heavy atom. The van der Waals surface area contributed by atoms with Gasteiger partial charge in [0.2, 0.25) is 5.95 Å². The Morgan fingerprint density at radius 1 is 1.22 bits per heavy atom. The zero-order chi connectivity index (χ0) is 19.3. The summed E-state index contributed by atoms with van der Waals surface area (Å²) < 4.78 is 2.84. The summed E-state index contributed by atoms with van der Waals surface area (Å²) in [6.07, 6.45) is 4.75. The molecule has 0 aliphatic rings. The number of anilines is 1. The monoisotopic (exact) mass is 436 g/mol. The highest BCUT2D eigenvalue weighted by molar-refractivity contribution is 5.57. The fourth-order valence-corrected chi connectivity index (χ4v) is 2.70. The fourth-order valence-electron chi connectivity index (χ4n) is 2.70. The van der Waals surface area contributed by atoms with Crippen LogP contribution in [0.3, 0.4) is 0 Å². The molecule has 1 aromatic carbocycles. The molecule has 0 fully saturated rings. The van der Waals surface area contributed by atoms with E-state index in [0.717, 1.165) is 35.2 Å². The number of halogens is 1. The number of hydrogen-bond donors (Lipinski definition) is 0. The van der Waals surface area contributed by atoms with Crippen molar-refractivity contribution in [1.29, 1.82) is 0 Å². The van der Waals surface area contributed by atoms with Crippen LogP contribution in [0.5, 0.6) is 0 Å². The molecule has 27 heavy (non-hydrogen) atoms. The van der Waals surface area contributed by atoms with Crippen LogP contribution in [0.25, 0.3) is 0 Å². The number of rotatable bonds is 8. The van der Waals surface area contributed by atoms with Crippen molar-refractivity contribution >= 4 is 17.3 Å². The Hall–Kier alpha value is -1.73. The standard InChI is InChI=1S/C20H33N6.BrH/c1-8-25(13-11-17(3)26(5,6)7)18-9-10-19(16(2)15-18)22-23-20-21-12-14-24(20)4;/h9-10,12,14-15,17H,8,11,13H2,1-7H3;1H/q+1;/p-1. The molecule has 150 valence electrons. The van der Waals surface area contributed by atoms with E-state index in [1.165, 1.54) is 5.69 Å². The zero-order valence-electron chi connectivity index (χ0n) is 17.6. The van der Waals surface area contributed by atoms with Gasteiger partial charge in [-0.15, -0.1) is 10.2 Å². The van der Waals surface area contributed by atoms with Gasteiger partial charge < -0.3 is 30.9 Å². The van der Waals surface area contributed by atoms with Crippen molar-refractivity contribution in [3.63, 3.8) is 0 Å². The van der Waals surface area contributed by atoms with Crippen LogP contribution in [0.1, 0.15) is 25.8 Å². The summed E-state index contributed by atoms with van der Waals surface area (Å²) in [6, 6.07) is 7.01. The van der Waals surface area contributed by atoms with Crippen LogP contribution >= 0.6 is 0 Å². The molecule has 0 radical (unpaired) electrons. The topological polar surface area (TPSA) is 45.8 Å². The van der Waals surface area contributed by atoms with Gasteiger partial charge in [-0.1, -0.05) is 0 Å². The highest BCUT2D eigenvalue weighted by Crippen LogP contribution is 2.26. The Morgan fingerprint density at radius 2 is 1.93 bits per heavy atom. The lowest BCUT2D eigenvalue weighted by Crippen LogP contribution is -3.00. The van der Waals surface area contributed by atoms with Gasteiger partial charge in [0.15, 0.2) is 0 Å². The first kappa shape index (κ1) is 23.3.